The number of hydrogen-bond acceptors (Lipinski definition) is 4. The van der Waals surface area contributed by atoms with Crippen LogP contribution in [0.25, 0.3) is 0 Å². The Kier molecular flexibility index (Phi) is 4.52. The summed E-state index contributed by atoms with van der Waals surface area (Å²) in [5.41, 5.74) is 0. The highest BCUT2D eigenvalue weighted by molar-refractivity contribution is 8.26. The van der Waals surface area contributed by atoms with Crippen LogP contribution in [-0.4, -0.2) is 21.0 Å². The molecule has 11 heavy (non-hydrogen) atoms. The zero-order chi connectivity index (χ0) is 8.85. The van der Waals surface area contributed by atoms with E-state index in [1.165, 1.54) is 6.92 Å². The van der Waals surface area contributed by atoms with Crippen molar-refractivity contribution in [3.8, 4) is 0 Å². The maximum absolute atomic E-state index is 10.3. The molecule has 0 aliphatic heterocycles. The van der Waals surface area contributed by atoms with Gasteiger partial charge in [0.05, 0.1) is 6.42 Å². The molecule has 0 aliphatic carbocycles. The predicted octanol–water partition coefficient (Wildman–Crippen LogP) is -0.701. The average molecular weight is 176 g/mol. The van der Waals surface area contributed by atoms with E-state index >= 15 is 0 Å². The molecular formula is C6H8O4S. The van der Waals surface area contributed by atoms with Crippen molar-refractivity contribution in [1.29, 1.82) is 0 Å². The summed E-state index contributed by atoms with van der Waals surface area (Å²) in [6.45, 7) is 1.29. The van der Waals surface area contributed by atoms with Gasteiger partial charge in [-0.1, -0.05) is 0 Å². The number of carboxylic acid groups (broad SMARTS) is 1. The molecule has 0 bridgehead atoms. The molecule has 0 saturated heterocycles. The zero-order valence-corrected chi connectivity index (χ0v) is 6.81. The number of rotatable bonds is 3. The van der Waals surface area contributed by atoms with Gasteiger partial charge in [-0.3, -0.25) is 9.59 Å². The Balaban J connectivity index is 3.53. The van der Waals surface area contributed by atoms with Crippen LogP contribution in [0.15, 0.2) is 0 Å². The lowest BCUT2D eigenvalue weighted by atomic mass is 10.3. The first-order valence-electron chi connectivity index (χ1n) is 2.95. The minimum absolute atomic E-state index is 0.0351. The van der Waals surface area contributed by atoms with E-state index in [9.17, 15) is 14.7 Å². The summed E-state index contributed by atoms with van der Waals surface area (Å²) in [6, 6.07) is 0. The first-order valence-corrected chi connectivity index (χ1v) is 3.77. The molecule has 0 unspecified atom stereocenters. The van der Waals surface area contributed by atoms with Crippen LogP contribution < -0.4 is 5.11 Å². The van der Waals surface area contributed by atoms with Crippen molar-refractivity contribution in [2.75, 3.05) is 0 Å². The highest BCUT2D eigenvalue weighted by Gasteiger charge is 2.12. The highest BCUT2D eigenvalue weighted by Crippen LogP contribution is 2.06. The van der Waals surface area contributed by atoms with E-state index in [1.807, 2.05) is 0 Å². The Morgan fingerprint density at radius 2 is 2.00 bits per heavy atom. The second-order valence-electron chi connectivity index (χ2n) is 1.86. The summed E-state index contributed by atoms with van der Waals surface area (Å²) >= 11 is 0.639. The third kappa shape index (κ3) is 7.05. The van der Waals surface area contributed by atoms with E-state index < -0.39 is 5.97 Å². The van der Waals surface area contributed by atoms with E-state index in [-0.39, 0.29) is 23.1 Å². The topological polar surface area (TPSA) is 78.6 Å². The Labute approximate surface area is 68.0 Å². The molecule has 0 radical (unpaired) electrons. The van der Waals surface area contributed by atoms with Gasteiger partial charge in [0.15, 0.2) is 5.12 Å². The van der Waals surface area contributed by atoms with Gasteiger partial charge in [-0.05, 0) is 0 Å². The van der Waals surface area contributed by atoms with E-state index in [2.05, 4.69) is 0 Å². The van der Waals surface area contributed by atoms with Crippen molar-refractivity contribution in [1.82, 2.24) is 0 Å². The molecule has 0 heterocycles. The maximum atomic E-state index is 10.3. The number of carbonyl (C=O) groups excluding carboxylic acids is 3. The lowest BCUT2D eigenvalue weighted by Gasteiger charge is -1.94. The van der Waals surface area contributed by atoms with Crippen molar-refractivity contribution in [3.63, 3.8) is 0 Å². The van der Waals surface area contributed by atoms with Crippen molar-refractivity contribution in [3.05, 3.63) is 0 Å². The third-order valence-corrected chi connectivity index (χ3v) is 1.53. The molecule has 0 amide bonds. The second kappa shape index (κ2) is 4.90. The molecular weight excluding hydrogens is 168 g/mol. The summed E-state index contributed by atoms with van der Waals surface area (Å²) in [4.78, 5) is 29.0. The van der Waals surface area contributed by atoms with Crippen molar-refractivity contribution >= 4 is 28.0 Å². The van der Waals surface area contributed by atoms with E-state index in [0.29, 0.717) is 11.8 Å². The Morgan fingerprint density at radius 3 is 2.36 bits per heavy atom. The first-order chi connectivity index (χ1) is 5.02. The van der Waals surface area contributed by atoms with Gasteiger partial charge in [0.25, 0.3) is 0 Å². The summed E-state index contributed by atoms with van der Waals surface area (Å²) in [7, 11) is 0. The molecule has 5 heteroatoms. The number of hydrogen-bond donors (Lipinski definition) is 0. The molecule has 0 spiro atoms. The average Bonchev–Trinajstić information content (AvgIpc) is 1.82. The minimum atomic E-state index is -1.24. The van der Waals surface area contributed by atoms with Crippen LogP contribution in [0, 0.1) is 0 Å². The number of thioether (sulfide) groups is 1. The molecule has 0 saturated carbocycles. The standard InChI is InChI=1S/C6H8O4S/c1-4(7)11-6(10)3-2-5(8)9/h2-3H2,1H3,(H,8,9). The molecule has 0 aromatic heterocycles. The van der Waals surface area contributed by atoms with E-state index in [4.69, 9.17) is 4.79 Å². The molecule has 0 atom stereocenters. The number of carboxylic acids is 1. The number of carbonyl (C=O) groups is 2. The van der Waals surface area contributed by atoms with Gasteiger partial charge in [-0.2, -0.15) is 0 Å². The summed E-state index contributed by atoms with van der Waals surface area (Å²) in [5, 5.41) is 9.42. The molecule has 1 N–H and O–H groups in total. The van der Waals surface area contributed by atoms with E-state index in [1.54, 1.807) is 0 Å². The van der Waals surface area contributed by atoms with Gasteiger partial charge < -0.3 is 9.90 Å². The molecule has 0 aliphatic rings. The van der Waals surface area contributed by atoms with Crippen LogP contribution in [0.5, 0.6) is 0 Å². The van der Waals surface area contributed by atoms with Crippen molar-refractivity contribution in [2.24, 2.45) is 0 Å². The fourth-order valence-corrected chi connectivity index (χ4v) is 0.962. The van der Waals surface area contributed by atoms with Crippen LogP contribution in [0.3, 0.4) is 0 Å². The Bertz CT molecular complexity index is 187. The summed E-state index contributed by atoms with van der Waals surface area (Å²) in [5.74, 6) is -1.24. The first kappa shape index (κ1) is 10.2. The lowest BCUT2D eigenvalue weighted by Crippen LogP contribution is -2.22. The summed E-state index contributed by atoms with van der Waals surface area (Å²) < 4.78 is 0. The van der Waals surface area contributed by atoms with Crippen molar-refractivity contribution < 1.29 is 19.5 Å². The molecule has 0 aromatic carbocycles. The molecule has 0 fully saturated rings. The monoisotopic (exact) mass is 176 g/mol. The maximum Gasteiger partial charge on any atom is 0.358 e. The van der Waals surface area contributed by atoms with Gasteiger partial charge in [0.1, 0.15) is 0 Å². The quantitative estimate of drug-likeness (QED) is 0.532. The van der Waals surface area contributed by atoms with Crippen LogP contribution in [-0.2, 0) is 9.59 Å². The Morgan fingerprint density at radius 1 is 1.45 bits per heavy atom. The molecule has 4 nitrogen and oxygen atoms in total. The van der Waals surface area contributed by atoms with Crippen LogP contribution in [0.4, 0.5) is 0 Å². The largest absolute Gasteiger partial charge is 0.550 e. The molecule has 62 valence electrons. The fourth-order valence-electron chi connectivity index (χ4n) is 0.426. The van der Waals surface area contributed by atoms with Gasteiger partial charge in [0, 0.05) is 31.1 Å². The van der Waals surface area contributed by atoms with Crippen molar-refractivity contribution in [2.45, 2.75) is 19.8 Å². The third-order valence-electron chi connectivity index (χ3n) is 0.805. The van der Waals surface area contributed by atoms with E-state index in [0.717, 1.165) is 0 Å². The van der Waals surface area contributed by atoms with Crippen LogP contribution in [0.2, 0.25) is 0 Å². The molecule has 0 rings (SSSR count). The Hall–Kier alpha value is -0.840. The van der Waals surface area contributed by atoms with Gasteiger partial charge in [-0.25, -0.2) is 0 Å². The fraction of sp³-hybridized carbons (Fsp3) is 0.500. The van der Waals surface area contributed by atoms with Crippen LogP contribution >= 0.6 is 11.8 Å². The van der Waals surface area contributed by atoms with Crippen LogP contribution in [0.1, 0.15) is 19.8 Å². The minimum Gasteiger partial charge on any atom is -0.550 e. The van der Waals surface area contributed by atoms with Gasteiger partial charge in [-0.15, -0.1) is 0 Å². The normalized spacial score (nSPS) is 9.18. The lowest BCUT2D eigenvalue weighted by molar-refractivity contribution is -0.305. The second-order valence-corrected chi connectivity index (χ2v) is 3.11. The summed E-state index contributed by atoms with van der Waals surface area (Å²) in [6.07, 6.45) is -0.293. The highest BCUT2D eigenvalue weighted by atomic mass is 32.2. The van der Waals surface area contributed by atoms with Gasteiger partial charge in [0.2, 0.25) is 0 Å². The number of aliphatic carboxylic acids is 1. The SMILES string of the molecule is CC(=O)SC(=[OH+])CCC(=O)[O-]. The smallest absolute Gasteiger partial charge is 0.358 e. The molecule has 0 aromatic rings. The van der Waals surface area contributed by atoms with Gasteiger partial charge >= 0.3 is 5.12 Å². The zero-order valence-electron chi connectivity index (χ0n) is 5.99. The predicted molar refractivity (Wildman–Crippen MR) is 39.5 cm³/mol.